The van der Waals surface area contributed by atoms with Crippen LogP contribution in [0.1, 0.15) is 19.8 Å². The molecule has 1 aliphatic rings. The van der Waals surface area contributed by atoms with E-state index in [1.807, 2.05) is 0 Å². The molecular weight excluding hydrogens is 418 g/mol. The molecular formula is C10H8F9I. The predicted octanol–water partition coefficient (Wildman–Crippen LogP) is 5.37. The Balaban J connectivity index is 3.57. The molecule has 0 saturated heterocycles. The van der Waals surface area contributed by atoms with Gasteiger partial charge in [-0.1, -0.05) is 13.3 Å². The molecule has 0 bridgehead atoms. The van der Waals surface area contributed by atoms with Gasteiger partial charge in [0, 0.05) is 0 Å². The molecule has 118 valence electrons. The fourth-order valence-corrected chi connectivity index (χ4v) is 2.73. The van der Waals surface area contributed by atoms with E-state index in [1.165, 1.54) is 6.92 Å². The van der Waals surface area contributed by atoms with E-state index in [9.17, 15) is 39.5 Å². The second-order valence-electron chi connectivity index (χ2n) is 4.35. The minimum absolute atomic E-state index is 0.185. The standard InChI is InChI=1S/C10H8F9I/c1-2-3-5(20)4-6(11)7(12,13)9(16,17)10(18,19)8(6,14)15/h4H,2-3H2,1H3. The van der Waals surface area contributed by atoms with Gasteiger partial charge in [0.1, 0.15) is 0 Å². The van der Waals surface area contributed by atoms with Crippen LogP contribution in [0.15, 0.2) is 9.66 Å². The summed E-state index contributed by atoms with van der Waals surface area (Å²) in [6.45, 7) is 1.48. The van der Waals surface area contributed by atoms with Crippen LogP contribution < -0.4 is 0 Å². The Bertz CT molecular complexity index is 400. The fourth-order valence-electron chi connectivity index (χ4n) is 1.76. The van der Waals surface area contributed by atoms with Gasteiger partial charge in [-0.2, -0.15) is 35.1 Å². The third-order valence-electron chi connectivity index (χ3n) is 2.94. The Morgan fingerprint density at radius 1 is 0.800 bits per heavy atom. The molecule has 1 fully saturated rings. The van der Waals surface area contributed by atoms with Crippen molar-refractivity contribution in [2.24, 2.45) is 0 Å². The van der Waals surface area contributed by atoms with Gasteiger partial charge in [0.05, 0.1) is 0 Å². The molecule has 0 aromatic carbocycles. The van der Waals surface area contributed by atoms with Crippen molar-refractivity contribution in [2.75, 3.05) is 0 Å². The van der Waals surface area contributed by atoms with E-state index < -0.39 is 39.0 Å². The average molecular weight is 426 g/mol. The molecule has 10 heteroatoms. The highest BCUT2D eigenvalue weighted by molar-refractivity contribution is 14.1. The number of hydrogen-bond acceptors (Lipinski definition) is 0. The first-order valence-corrected chi connectivity index (χ1v) is 6.36. The van der Waals surface area contributed by atoms with Crippen LogP contribution in [-0.4, -0.2) is 29.4 Å². The number of allylic oxidation sites excluding steroid dienone is 2. The second kappa shape index (κ2) is 4.67. The summed E-state index contributed by atoms with van der Waals surface area (Å²) >= 11 is 1.16. The van der Waals surface area contributed by atoms with Gasteiger partial charge in [0.2, 0.25) is 0 Å². The van der Waals surface area contributed by atoms with E-state index in [0.29, 0.717) is 0 Å². The maximum atomic E-state index is 13.9. The van der Waals surface area contributed by atoms with Crippen LogP contribution in [0, 0.1) is 0 Å². The summed E-state index contributed by atoms with van der Waals surface area (Å²) in [6.07, 6.45) is -0.504. The third kappa shape index (κ3) is 1.81. The molecule has 0 atom stereocenters. The highest BCUT2D eigenvalue weighted by atomic mass is 127. The van der Waals surface area contributed by atoms with Gasteiger partial charge in [0.25, 0.3) is 5.67 Å². The lowest BCUT2D eigenvalue weighted by molar-refractivity contribution is -0.303. The Hall–Kier alpha value is -0.160. The Morgan fingerprint density at radius 3 is 1.45 bits per heavy atom. The number of halogens is 10. The quantitative estimate of drug-likeness (QED) is 0.421. The van der Waals surface area contributed by atoms with Crippen molar-refractivity contribution >= 4 is 22.6 Å². The van der Waals surface area contributed by atoms with Gasteiger partial charge in [-0.3, -0.25) is 0 Å². The summed E-state index contributed by atoms with van der Waals surface area (Å²) in [6, 6.07) is 0. The Labute approximate surface area is 121 Å². The second-order valence-corrected chi connectivity index (χ2v) is 5.74. The van der Waals surface area contributed by atoms with Crippen molar-refractivity contribution in [3.63, 3.8) is 0 Å². The molecule has 0 heterocycles. The first kappa shape index (κ1) is 17.9. The predicted molar refractivity (Wildman–Crippen MR) is 60.6 cm³/mol. The van der Waals surface area contributed by atoms with Crippen LogP contribution in [-0.2, 0) is 0 Å². The molecule has 0 radical (unpaired) electrons. The molecule has 0 spiro atoms. The van der Waals surface area contributed by atoms with E-state index in [2.05, 4.69) is 0 Å². The van der Waals surface area contributed by atoms with Crippen LogP contribution >= 0.6 is 22.6 Å². The van der Waals surface area contributed by atoms with Crippen molar-refractivity contribution in [3.8, 4) is 0 Å². The zero-order valence-corrected chi connectivity index (χ0v) is 11.9. The maximum Gasteiger partial charge on any atom is 0.382 e. The van der Waals surface area contributed by atoms with Gasteiger partial charge < -0.3 is 0 Å². The molecule has 0 nitrogen and oxygen atoms in total. The first-order valence-electron chi connectivity index (χ1n) is 5.28. The molecule has 0 aromatic heterocycles. The van der Waals surface area contributed by atoms with Gasteiger partial charge in [0.15, 0.2) is 0 Å². The SMILES string of the molecule is CCCC(I)=CC1(F)C(F)(F)C(F)(F)C(F)(F)C1(F)F. The lowest BCUT2D eigenvalue weighted by Crippen LogP contribution is -2.53. The maximum absolute atomic E-state index is 13.9. The molecule has 0 amide bonds. The Morgan fingerprint density at radius 2 is 1.15 bits per heavy atom. The molecule has 0 N–H and O–H groups in total. The fraction of sp³-hybridized carbons (Fsp3) is 0.800. The number of rotatable bonds is 3. The van der Waals surface area contributed by atoms with Crippen LogP contribution in [0.25, 0.3) is 0 Å². The van der Waals surface area contributed by atoms with Gasteiger partial charge in [-0.15, -0.1) is 0 Å². The summed E-state index contributed by atoms with van der Waals surface area (Å²) in [7, 11) is 0. The van der Waals surface area contributed by atoms with E-state index >= 15 is 0 Å². The van der Waals surface area contributed by atoms with E-state index in [1.54, 1.807) is 0 Å². The minimum atomic E-state index is -6.50. The van der Waals surface area contributed by atoms with Crippen molar-refractivity contribution in [3.05, 3.63) is 9.66 Å². The largest absolute Gasteiger partial charge is 0.382 e. The minimum Gasteiger partial charge on any atom is -0.225 e. The van der Waals surface area contributed by atoms with Crippen molar-refractivity contribution in [1.29, 1.82) is 0 Å². The highest BCUT2D eigenvalue weighted by Gasteiger charge is 3.00. The van der Waals surface area contributed by atoms with Crippen molar-refractivity contribution in [1.82, 2.24) is 0 Å². The van der Waals surface area contributed by atoms with Crippen molar-refractivity contribution < 1.29 is 39.5 Å². The van der Waals surface area contributed by atoms with Gasteiger partial charge in [-0.05, 0) is 38.7 Å². The lowest BCUT2D eigenvalue weighted by atomic mass is 9.96. The van der Waals surface area contributed by atoms with E-state index in [4.69, 9.17) is 0 Å². The van der Waals surface area contributed by atoms with Crippen LogP contribution in [0.4, 0.5) is 39.5 Å². The lowest BCUT2D eigenvalue weighted by Gasteiger charge is -2.28. The summed E-state index contributed by atoms with van der Waals surface area (Å²) in [4.78, 5) is 0. The number of alkyl halides is 9. The third-order valence-corrected chi connectivity index (χ3v) is 3.79. The smallest absolute Gasteiger partial charge is 0.225 e. The molecule has 1 aliphatic carbocycles. The zero-order valence-electron chi connectivity index (χ0n) is 9.77. The summed E-state index contributed by atoms with van der Waals surface area (Å²) in [5.41, 5.74) is -5.46. The van der Waals surface area contributed by atoms with Crippen LogP contribution in [0.3, 0.4) is 0 Å². The topological polar surface area (TPSA) is 0 Å². The van der Waals surface area contributed by atoms with Crippen molar-refractivity contribution in [2.45, 2.75) is 49.1 Å². The first-order chi connectivity index (χ1) is 8.70. The Kier molecular flexibility index (Phi) is 4.18. The molecule has 0 aliphatic heterocycles. The zero-order chi connectivity index (χ0) is 16.2. The summed E-state index contributed by atoms with van der Waals surface area (Å²) in [5, 5.41) is 0. The normalized spacial score (nSPS) is 29.4. The van der Waals surface area contributed by atoms with Gasteiger partial charge >= 0.3 is 23.7 Å². The monoisotopic (exact) mass is 426 g/mol. The number of hydrogen-bond donors (Lipinski definition) is 0. The van der Waals surface area contributed by atoms with Crippen LogP contribution in [0.2, 0.25) is 0 Å². The molecule has 20 heavy (non-hydrogen) atoms. The molecule has 0 unspecified atom stereocenters. The van der Waals surface area contributed by atoms with Gasteiger partial charge in [-0.25, -0.2) is 4.39 Å². The summed E-state index contributed by atoms with van der Waals surface area (Å²) < 4.78 is 118. The van der Waals surface area contributed by atoms with Crippen LogP contribution in [0.5, 0.6) is 0 Å². The van der Waals surface area contributed by atoms with E-state index in [-0.39, 0.29) is 12.8 Å². The summed E-state index contributed by atoms with van der Waals surface area (Å²) in [5.74, 6) is -25.5. The molecule has 1 saturated carbocycles. The molecule has 0 aromatic rings. The highest BCUT2D eigenvalue weighted by Crippen LogP contribution is 2.69. The van der Waals surface area contributed by atoms with E-state index in [0.717, 1.165) is 22.6 Å². The average Bonchev–Trinajstić information content (AvgIpc) is 2.31. The molecule has 1 rings (SSSR count).